The van der Waals surface area contributed by atoms with E-state index in [0.29, 0.717) is 11.0 Å². The SMILES string of the molecule is CC1(C(=O)O)CC(C(=O)O)=NN1c1ccc(Cl)cc1Cl.CN(C)c1nc(=O)n(C2CCCCC2)c(=O)n1C. The molecule has 1 aliphatic heterocycles. The van der Waals surface area contributed by atoms with Crippen LogP contribution in [0.15, 0.2) is 32.9 Å². The fourth-order valence-electron chi connectivity index (χ4n) is 4.52. The summed E-state index contributed by atoms with van der Waals surface area (Å²) in [5.74, 6) is -2.05. The molecule has 1 atom stereocenters. The summed E-state index contributed by atoms with van der Waals surface area (Å²) >= 11 is 11.8. The van der Waals surface area contributed by atoms with Crippen molar-refractivity contribution in [3.8, 4) is 0 Å². The van der Waals surface area contributed by atoms with Crippen LogP contribution < -0.4 is 21.3 Å². The third-order valence-electron chi connectivity index (χ3n) is 6.58. The topological polar surface area (TPSA) is 150 Å². The molecular weight excluding hydrogens is 539 g/mol. The van der Waals surface area contributed by atoms with Gasteiger partial charge in [0.25, 0.3) is 0 Å². The van der Waals surface area contributed by atoms with Crippen LogP contribution >= 0.6 is 23.2 Å². The Kier molecular flexibility index (Phi) is 8.88. The van der Waals surface area contributed by atoms with Crippen LogP contribution in [-0.4, -0.2) is 61.6 Å². The Morgan fingerprint density at radius 3 is 2.26 bits per heavy atom. The van der Waals surface area contributed by atoms with Crippen molar-refractivity contribution in [1.82, 2.24) is 14.1 Å². The lowest BCUT2D eigenvalue weighted by atomic mass is 9.95. The summed E-state index contributed by atoms with van der Waals surface area (Å²) in [7, 11) is 5.20. The van der Waals surface area contributed by atoms with Crippen LogP contribution in [0.4, 0.5) is 11.6 Å². The van der Waals surface area contributed by atoms with Crippen LogP contribution in [0.3, 0.4) is 0 Å². The zero-order valence-corrected chi connectivity index (χ0v) is 23.0. The van der Waals surface area contributed by atoms with Gasteiger partial charge in [-0.3, -0.25) is 4.57 Å². The maximum absolute atomic E-state index is 12.3. The molecular formula is C24H30Cl2N6O6. The summed E-state index contributed by atoms with van der Waals surface area (Å²) < 4.78 is 2.77. The van der Waals surface area contributed by atoms with Gasteiger partial charge in [-0.15, -0.1) is 0 Å². The second-order valence-electron chi connectivity index (χ2n) is 9.61. The zero-order valence-electron chi connectivity index (χ0n) is 21.5. The third kappa shape index (κ3) is 5.86. The molecule has 2 N–H and O–H groups in total. The molecule has 0 spiro atoms. The Morgan fingerprint density at radius 2 is 1.74 bits per heavy atom. The highest BCUT2D eigenvalue weighted by Crippen LogP contribution is 2.38. The maximum atomic E-state index is 12.3. The first-order valence-corrected chi connectivity index (χ1v) is 12.7. The number of aromatic nitrogens is 3. The number of halogens is 2. The number of aliphatic carboxylic acids is 2. The Morgan fingerprint density at radius 1 is 1.11 bits per heavy atom. The smallest absolute Gasteiger partial charge is 0.355 e. The minimum atomic E-state index is -1.51. The Balaban J connectivity index is 0.000000212. The van der Waals surface area contributed by atoms with Gasteiger partial charge in [-0.25, -0.2) is 28.8 Å². The molecule has 0 amide bonds. The number of hydrazone groups is 1. The quantitative estimate of drug-likeness (QED) is 0.554. The molecule has 2 aromatic rings. The molecule has 2 heterocycles. The first-order valence-electron chi connectivity index (χ1n) is 11.9. The van der Waals surface area contributed by atoms with Gasteiger partial charge < -0.3 is 15.1 Å². The van der Waals surface area contributed by atoms with Gasteiger partial charge in [0.15, 0.2) is 5.54 Å². The Hall–Kier alpha value is -3.38. The van der Waals surface area contributed by atoms with E-state index in [1.165, 1.54) is 40.7 Å². The molecule has 14 heteroatoms. The summed E-state index contributed by atoms with van der Waals surface area (Å²) in [5.41, 5.74) is -2.14. The number of carbonyl (C=O) groups is 2. The fourth-order valence-corrected chi connectivity index (χ4v) is 5.01. The van der Waals surface area contributed by atoms with E-state index in [2.05, 4.69) is 10.1 Å². The van der Waals surface area contributed by atoms with E-state index in [1.54, 1.807) is 26.0 Å². The molecule has 1 saturated carbocycles. The van der Waals surface area contributed by atoms with Crippen molar-refractivity contribution < 1.29 is 19.8 Å². The van der Waals surface area contributed by atoms with Gasteiger partial charge in [0.2, 0.25) is 5.95 Å². The second-order valence-corrected chi connectivity index (χ2v) is 10.5. The van der Waals surface area contributed by atoms with Crippen molar-refractivity contribution in [1.29, 1.82) is 0 Å². The molecule has 2 aliphatic rings. The highest BCUT2D eigenvalue weighted by atomic mass is 35.5. The van der Waals surface area contributed by atoms with Gasteiger partial charge in [-0.2, -0.15) is 10.1 Å². The number of hydrogen-bond acceptors (Lipinski definition) is 8. The molecule has 38 heavy (non-hydrogen) atoms. The second kappa shape index (κ2) is 11.6. The van der Waals surface area contributed by atoms with Gasteiger partial charge in [0.05, 0.1) is 10.7 Å². The summed E-state index contributed by atoms with van der Waals surface area (Å²) in [6.45, 7) is 1.39. The number of benzene rings is 1. The molecule has 206 valence electrons. The lowest BCUT2D eigenvalue weighted by Crippen LogP contribution is -2.47. The lowest BCUT2D eigenvalue weighted by Gasteiger charge is -2.30. The minimum Gasteiger partial charge on any atom is -0.479 e. The van der Waals surface area contributed by atoms with E-state index < -0.39 is 23.2 Å². The third-order valence-corrected chi connectivity index (χ3v) is 7.12. The summed E-state index contributed by atoms with van der Waals surface area (Å²) in [5, 5.41) is 23.9. The standard InChI is InChI=1S/C12H10Cl2N2O4.C12H20N4O2/c1-12(11(19)20)5-8(10(17)18)15-16(12)9-3-2-6(13)4-7(9)14;1-14(2)10-13-11(17)16(12(18)15(10)3)9-7-5-4-6-8-9/h2-4H,5H2,1H3,(H,17,18)(H,19,20);9H,4-8H2,1-3H3. The molecule has 0 bridgehead atoms. The van der Waals surface area contributed by atoms with Crippen LogP contribution in [0.5, 0.6) is 0 Å². The van der Waals surface area contributed by atoms with Crippen molar-refractivity contribution in [3.05, 3.63) is 49.2 Å². The molecule has 1 fully saturated rings. The number of anilines is 2. The van der Waals surface area contributed by atoms with Crippen molar-refractivity contribution in [3.63, 3.8) is 0 Å². The molecule has 1 aliphatic carbocycles. The molecule has 1 aromatic carbocycles. The predicted molar refractivity (Wildman–Crippen MR) is 145 cm³/mol. The summed E-state index contributed by atoms with van der Waals surface area (Å²) in [6.07, 6.45) is 4.92. The molecule has 1 unspecified atom stereocenters. The number of hydrogen-bond donors (Lipinski definition) is 2. The van der Waals surface area contributed by atoms with Crippen LogP contribution in [0, 0.1) is 0 Å². The van der Waals surface area contributed by atoms with E-state index in [0.717, 1.165) is 30.7 Å². The van der Waals surface area contributed by atoms with Crippen LogP contribution in [-0.2, 0) is 16.6 Å². The fraction of sp³-hybridized carbons (Fsp3) is 0.500. The van der Waals surface area contributed by atoms with E-state index in [4.69, 9.17) is 28.3 Å². The van der Waals surface area contributed by atoms with Crippen molar-refractivity contribution in [2.75, 3.05) is 24.0 Å². The molecule has 1 aromatic heterocycles. The van der Waals surface area contributed by atoms with E-state index in [9.17, 15) is 24.3 Å². The zero-order chi connectivity index (χ0) is 28.4. The van der Waals surface area contributed by atoms with Gasteiger partial charge in [0, 0.05) is 38.6 Å². The lowest BCUT2D eigenvalue weighted by molar-refractivity contribution is -0.142. The highest BCUT2D eigenvalue weighted by Gasteiger charge is 2.48. The Labute approximate surface area is 228 Å². The van der Waals surface area contributed by atoms with Gasteiger partial charge >= 0.3 is 23.3 Å². The summed E-state index contributed by atoms with van der Waals surface area (Å²) in [4.78, 5) is 52.5. The molecule has 0 saturated heterocycles. The average molecular weight is 569 g/mol. The van der Waals surface area contributed by atoms with Crippen LogP contribution in [0.1, 0.15) is 51.5 Å². The van der Waals surface area contributed by atoms with Crippen molar-refractivity contribution >= 4 is 52.5 Å². The number of nitrogens with zero attached hydrogens (tertiary/aromatic N) is 6. The maximum Gasteiger partial charge on any atom is 0.355 e. The highest BCUT2D eigenvalue weighted by molar-refractivity contribution is 6.38. The first-order chi connectivity index (χ1) is 17.8. The molecule has 4 rings (SSSR count). The largest absolute Gasteiger partial charge is 0.479 e. The van der Waals surface area contributed by atoms with E-state index in [1.807, 2.05) is 0 Å². The van der Waals surface area contributed by atoms with Gasteiger partial charge in [0.1, 0.15) is 5.71 Å². The van der Waals surface area contributed by atoms with Crippen LogP contribution in [0.25, 0.3) is 0 Å². The van der Waals surface area contributed by atoms with Crippen molar-refractivity contribution in [2.45, 2.75) is 57.0 Å². The Bertz CT molecular complexity index is 1380. The van der Waals surface area contributed by atoms with Crippen molar-refractivity contribution in [2.24, 2.45) is 12.1 Å². The van der Waals surface area contributed by atoms with E-state index >= 15 is 0 Å². The molecule has 0 radical (unpaired) electrons. The minimum absolute atomic E-state index is 0.0219. The monoisotopic (exact) mass is 568 g/mol. The first kappa shape index (κ1) is 29.2. The number of rotatable bonds is 5. The van der Waals surface area contributed by atoms with Gasteiger partial charge in [-0.05, 0) is 38.0 Å². The van der Waals surface area contributed by atoms with Crippen LogP contribution in [0.2, 0.25) is 10.0 Å². The molecule has 12 nitrogen and oxygen atoms in total. The van der Waals surface area contributed by atoms with E-state index in [-0.39, 0.29) is 34.6 Å². The predicted octanol–water partition coefficient (Wildman–Crippen LogP) is 3.00. The van der Waals surface area contributed by atoms with Gasteiger partial charge in [-0.1, -0.05) is 42.5 Å². The number of carboxylic acid groups (broad SMARTS) is 2. The normalized spacial score (nSPS) is 19.4. The number of carboxylic acids is 2. The average Bonchev–Trinajstić information content (AvgIpc) is 3.21. The summed E-state index contributed by atoms with van der Waals surface area (Å²) in [6, 6.07) is 4.49.